The highest BCUT2D eigenvalue weighted by Gasteiger charge is 2.45. The summed E-state index contributed by atoms with van der Waals surface area (Å²) in [6.07, 6.45) is 0.167. The van der Waals surface area contributed by atoms with Gasteiger partial charge in [-0.15, -0.1) is 0 Å². The van der Waals surface area contributed by atoms with Crippen LogP contribution < -0.4 is 10.6 Å². The molecule has 4 amide bonds. The molecule has 0 bridgehead atoms. The number of fused-ring (bicyclic) bond motifs is 1. The Bertz CT molecular complexity index is 1290. The molecule has 1 unspecified atom stereocenters. The van der Waals surface area contributed by atoms with Crippen molar-refractivity contribution in [1.29, 1.82) is 0 Å². The van der Waals surface area contributed by atoms with Crippen molar-refractivity contribution in [2.75, 3.05) is 170 Å². The standard InChI is InChI=1S/C39H63N3O16/c1-2-47-10-11-49-14-15-51-18-19-53-22-23-55-26-27-57-30-31-58-29-28-56-25-24-54-21-20-52-17-16-50-13-12-48-9-8-40-33-5-3-4-32-36(33)39(46)42(38(32)45)34-6-7-35(43)41-37(34)44/h3-5,34,40H,2,6-31H2,1H3,(H,41,43,44). The summed E-state index contributed by atoms with van der Waals surface area (Å²) in [4.78, 5) is 50.9. The van der Waals surface area contributed by atoms with E-state index in [1.165, 1.54) is 0 Å². The number of anilines is 1. The molecule has 19 nitrogen and oxygen atoms in total. The first-order valence-corrected chi connectivity index (χ1v) is 20.1. The second kappa shape index (κ2) is 32.6. The van der Waals surface area contributed by atoms with E-state index in [4.69, 9.17) is 56.8 Å². The molecule has 1 fully saturated rings. The smallest absolute Gasteiger partial charge is 0.264 e. The number of hydrogen-bond acceptors (Lipinski definition) is 17. The van der Waals surface area contributed by atoms with E-state index < -0.39 is 29.7 Å². The van der Waals surface area contributed by atoms with Crippen molar-refractivity contribution in [3.8, 4) is 0 Å². The van der Waals surface area contributed by atoms with Gasteiger partial charge in [0.05, 0.1) is 163 Å². The number of benzene rings is 1. The lowest BCUT2D eigenvalue weighted by Gasteiger charge is -2.27. The highest BCUT2D eigenvalue weighted by Crippen LogP contribution is 2.32. The molecule has 0 saturated carbocycles. The summed E-state index contributed by atoms with van der Waals surface area (Å²) >= 11 is 0. The van der Waals surface area contributed by atoms with E-state index in [1.54, 1.807) is 18.2 Å². The van der Waals surface area contributed by atoms with Crippen molar-refractivity contribution in [1.82, 2.24) is 10.2 Å². The Morgan fingerprint density at radius 3 is 1.29 bits per heavy atom. The van der Waals surface area contributed by atoms with Gasteiger partial charge < -0.3 is 62.2 Å². The van der Waals surface area contributed by atoms with Gasteiger partial charge in [-0.1, -0.05) is 6.07 Å². The van der Waals surface area contributed by atoms with E-state index in [9.17, 15) is 19.2 Å². The minimum Gasteiger partial charge on any atom is -0.382 e. The van der Waals surface area contributed by atoms with Crippen LogP contribution in [0.2, 0.25) is 0 Å². The van der Waals surface area contributed by atoms with Gasteiger partial charge in [-0.2, -0.15) is 0 Å². The highest BCUT2D eigenvalue weighted by molar-refractivity contribution is 6.25. The number of hydrogen-bond donors (Lipinski definition) is 2. The highest BCUT2D eigenvalue weighted by atomic mass is 16.6. The van der Waals surface area contributed by atoms with Crippen molar-refractivity contribution in [2.45, 2.75) is 25.8 Å². The molecule has 2 N–H and O–H groups in total. The Morgan fingerprint density at radius 2 is 0.914 bits per heavy atom. The van der Waals surface area contributed by atoms with Crippen LogP contribution >= 0.6 is 0 Å². The lowest BCUT2D eigenvalue weighted by Crippen LogP contribution is -2.54. The summed E-state index contributed by atoms with van der Waals surface area (Å²) in [7, 11) is 0. The predicted molar refractivity (Wildman–Crippen MR) is 207 cm³/mol. The number of nitrogens with zero attached hydrogens (tertiary/aromatic N) is 1. The van der Waals surface area contributed by atoms with Crippen LogP contribution in [0.1, 0.15) is 40.5 Å². The number of piperidine rings is 1. The quantitative estimate of drug-likeness (QED) is 0.0693. The summed E-state index contributed by atoms with van der Waals surface area (Å²) < 4.78 is 65.5. The zero-order chi connectivity index (χ0) is 41.3. The van der Waals surface area contributed by atoms with Gasteiger partial charge in [0.15, 0.2) is 0 Å². The van der Waals surface area contributed by atoms with Gasteiger partial charge in [-0.05, 0) is 25.5 Å². The molecule has 19 heteroatoms. The number of carbonyl (C=O) groups excluding carboxylic acids is 4. The second-order valence-electron chi connectivity index (χ2n) is 12.5. The van der Waals surface area contributed by atoms with E-state index >= 15 is 0 Å². The van der Waals surface area contributed by atoms with Gasteiger partial charge in [0.1, 0.15) is 6.04 Å². The van der Waals surface area contributed by atoms with Gasteiger partial charge in [0.25, 0.3) is 11.8 Å². The van der Waals surface area contributed by atoms with Gasteiger partial charge in [-0.3, -0.25) is 29.4 Å². The van der Waals surface area contributed by atoms with Crippen LogP contribution in [0.15, 0.2) is 18.2 Å². The van der Waals surface area contributed by atoms with E-state index in [2.05, 4.69) is 10.6 Å². The van der Waals surface area contributed by atoms with Gasteiger partial charge in [0, 0.05) is 25.3 Å². The summed E-state index contributed by atoms with van der Waals surface area (Å²) in [5, 5.41) is 5.33. The molecule has 1 aromatic rings. The number of carbonyl (C=O) groups is 4. The fourth-order valence-corrected chi connectivity index (χ4v) is 5.48. The third-order valence-corrected chi connectivity index (χ3v) is 8.33. The van der Waals surface area contributed by atoms with Crippen LogP contribution in [-0.2, 0) is 66.4 Å². The number of amides is 4. The van der Waals surface area contributed by atoms with E-state index in [0.29, 0.717) is 171 Å². The molecule has 0 aromatic heterocycles. The lowest BCUT2D eigenvalue weighted by molar-refractivity contribution is -0.136. The second-order valence-corrected chi connectivity index (χ2v) is 12.5. The van der Waals surface area contributed by atoms with Crippen LogP contribution in [-0.4, -0.2) is 200 Å². The Morgan fingerprint density at radius 1 is 0.534 bits per heavy atom. The Kier molecular flexibility index (Phi) is 27.7. The number of nitrogens with one attached hydrogen (secondary N) is 2. The van der Waals surface area contributed by atoms with Crippen LogP contribution in [0.5, 0.6) is 0 Å². The van der Waals surface area contributed by atoms with Crippen molar-refractivity contribution >= 4 is 29.3 Å². The zero-order valence-electron chi connectivity index (χ0n) is 33.9. The minimum absolute atomic E-state index is 0.0648. The molecule has 2 aliphatic heterocycles. The topological polar surface area (TPSA) is 206 Å². The van der Waals surface area contributed by atoms with Crippen LogP contribution in [0.3, 0.4) is 0 Å². The first-order valence-electron chi connectivity index (χ1n) is 20.1. The third kappa shape index (κ3) is 20.7. The van der Waals surface area contributed by atoms with E-state index in [0.717, 1.165) is 4.90 Å². The van der Waals surface area contributed by atoms with Crippen molar-refractivity contribution < 1.29 is 76.0 Å². The SMILES string of the molecule is CCOCCOCCOCCOCCOCCOCCOCCOCCOCCOCCOCCOCCNc1cccc2c1C(=O)N(C1CCC(=O)NC1=O)C2=O. The van der Waals surface area contributed by atoms with E-state index in [-0.39, 0.29) is 24.0 Å². The number of ether oxygens (including phenoxy) is 12. The van der Waals surface area contributed by atoms with Crippen molar-refractivity contribution in [3.05, 3.63) is 29.3 Å². The normalized spacial score (nSPS) is 15.4. The molecule has 0 spiro atoms. The largest absolute Gasteiger partial charge is 0.382 e. The minimum atomic E-state index is -1.01. The average Bonchev–Trinajstić information content (AvgIpc) is 3.48. The molecule has 1 saturated heterocycles. The molecule has 2 aliphatic rings. The molecular weight excluding hydrogens is 766 g/mol. The first kappa shape index (κ1) is 49.2. The molecule has 1 atom stereocenters. The number of imide groups is 2. The van der Waals surface area contributed by atoms with Crippen LogP contribution in [0, 0.1) is 0 Å². The molecular formula is C39H63N3O16. The maximum absolute atomic E-state index is 13.2. The third-order valence-electron chi connectivity index (χ3n) is 8.33. The van der Waals surface area contributed by atoms with Crippen LogP contribution in [0.25, 0.3) is 0 Å². The Labute approximate surface area is 340 Å². The molecule has 2 heterocycles. The zero-order valence-corrected chi connectivity index (χ0v) is 33.9. The average molecular weight is 830 g/mol. The van der Waals surface area contributed by atoms with E-state index in [1.807, 2.05) is 6.92 Å². The molecule has 0 aliphatic carbocycles. The Balaban J connectivity index is 0.988. The molecule has 3 rings (SSSR count). The maximum atomic E-state index is 13.2. The summed E-state index contributed by atoms with van der Waals surface area (Å²) in [5.74, 6) is -2.17. The molecule has 1 aromatic carbocycles. The molecule has 0 radical (unpaired) electrons. The molecule has 58 heavy (non-hydrogen) atoms. The fraction of sp³-hybridized carbons (Fsp3) is 0.744. The van der Waals surface area contributed by atoms with Gasteiger partial charge in [-0.25, -0.2) is 0 Å². The first-order chi connectivity index (χ1) is 28.5. The lowest BCUT2D eigenvalue weighted by atomic mass is 10.0. The van der Waals surface area contributed by atoms with Crippen molar-refractivity contribution in [2.24, 2.45) is 0 Å². The van der Waals surface area contributed by atoms with Crippen LogP contribution in [0.4, 0.5) is 5.69 Å². The Hall–Kier alpha value is -3.18. The maximum Gasteiger partial charge on any atom is 0.264 e. The monoisotopic (exact) mass is 829 g/mol. The molecule has 330 valence electrons. The fourth-order valence-electron chi connectivity index (χ4n) is 5.48. The summed E-state index contributed by atoms with van der Waals surface area (Å²) in [6, 6.07) is 3.90. The van der Waals surface area contributed by atoms with Gasteiger partial charge in [0.2, 0.25) is 11.8 Å². The van der Waals surface area contributed by atoms with Crippen molar-refractivity contribution in [3.63, 3.8) is 0 Å². The summed E-state index contributed by atoms with van der Waals surface area (Å²) in [6.45, 7) is 14.0. The predicted octanol–water partition coefficient (Wildman–Crippen LogP) is 0.719. The number of rotatable bonds is 39. The van der Waals surface area contributed by atoms with Gasteiger partial charge >= 0.3 is 0 Å². The summed E-state index contributed by atoms with van der Waals surface area (Å²) in [5.41, 5.74) is 0.905.